The first-order chi connectivity index (χ1) is 7.83. The molecule has 0 saturated carbocycles. The third-order valence-electron chi connectivity index (χ3n) is 2.37. The van der Waals surface area contributed by atoms with Gasteiger partial charge in [0.15, 0.2) is 11.5 Å². The summed E-state index contributed by atoms with van der Waals surface area (Å²) in [5.41, 5.74) is 0.918. The monoisotopic (exact) mass is 222 g/mol. The zero-order valence-electron chi connectivity index (χ0n) is 9.14. The first-order valence-electron chi connectivity index (χ1n) is 5.18. The third kappa shape index (κ3) is 2.73. The van der Waals surface area contributed by atoms with Gasteiger partial charge in [-0.25, -0.2) is 0 Å². The topological polar surface area (TPSA) is 48.1 Å². The number of aldehydes is 1. The number of carbonyl (C=O) groups excluding carboxylic acids is 1. The second kappa shape index (κ2) is 4.99. The largest absolute Gasteiger partial charge is 0.493 e. The molecule has 0 amide bonds. The van der Waals surface area contributed by atoms with Crippen LogP contribution in [-0.4, -0.2) is 32.7 Å². The van der Waals surface area contributed by atoms with Crippen molar-refractivity contribution in [1.29, 1.82) is 0 Å². The number of methoxy groups -OCH3 is 1. The molecule has 0 aliphatic carbocycles. The van der Waals surface area contributed by atoms with Crippen LogP contribution < -0.4 is 9.47 Å². The summed E-state index contributed by atoms with van der Waals surface area (Å²) in [5, 5.41) is 0. The summed E-state index contributed by atoms with van der Waals surface area (Å²) in [4.78, 5) is 10.4. The molecular weight excluding hydrogens is 208 g/mol. The fraction of sp³-hybridized carbons (Fsp3) is 0.417. The zero-order chi connectivity index (χ0) is 11.4. The lowest BCUT2D eigenvalue weighted by Crippen LogP contribution is -2.05. The van der Waals surface area contributed by atoms with Gasteiger partial charge in [-0.1, -0.05) is 6.07 Å². The maximum atomic E-state index is 10.4. The van der Waals surface area contributed by atoms with Crippen molar-refractivity contribution in [3.05, 3.63) is 23.8 Å². The van der Waals surface area contributed by atoms with Gasteiger partial charge in [0.05, 0.1) is 13.7 Å². The number of ether oxygens (including phenoxy) is 3. The Morgan fingerprint density at radius 2 is 2.31 bits per heavy atom. The summed E-state index contributed by atoms with van der Waals surface area (Å²) in [6, 6.07) is 5.50. The molecule has 1 heterocycles. The minimum atomic E-state index is 0.222. The van der Waals surface area contributed by atoms with E-state index in [1.807, 2.05) is 18.2 Å². The van der Waals surface area contributed by atoms with Crippen LogP contribution in [0.25, 0.3) is 0 Å². The summed E-state index contributed by atoms with van der Waals surface area (Å²) in [6.45, 7) is 1.31. The molecule has 1 saturated heterocycles. The summed E-state index contributed by atoms with van der Waals surface area (Å²) in [6.07, 6.45) is 1.48. The van der Waals surface area contributed by atoms with Crippen molar-refractivity contribution in [2.45, 2.75) is 12.5 Å². The lowest BCUT2D eigenvalue weighted by Gasteiger charge is -2.10. The quantitative estimate of drug-likeness (QED) is 0.536. The fourth-order valence-electron chi connectivity index (χ4n) is 1.40. The van der Waals surface area contributed by atoms with E-state index in [1.165, 1.54) is 0 Å². The maximum Gasteiger partial charge on any atom is 0.161 e. The van der Waals surface area contributed by atoms with Crippen molar-refractivity contribution >= 4 is 6.29 Å². The van der Waals surface area contributed by atoms with E-state index in [-0.39, 0.29) is 6.10 Å². The van der Waals surface area contributed by atoms with E-state index in [2.05, 4.69) is 0 Å². The Bertz CT molecular complexity index is 371. The SMILES string of the molecule is COc1cc(CC=O)ccc1OC[C@H]1CO1. The van der Waals surface area contributed by atoms with Gasteiger partial charge in [-0.2, -0.15) is 0 Å². The molecule has 16 heavy (non-hydrogen) atoms. The number of hydrogen-bond acceptors (Lipinski definition) is 4. The molecule has 0 unspecified atom stereocenters. The maximum absolute atomic E-state index is 10.4. The van der Waals surface area contributed by atoms with Gasteiger partial charge in [-0.3, -0.25) is 0 Å². The Balaban J connectivity index is 2.06. The zero-order valence-corrected chi connectivity index (χ0v) is 9.14. The normalized spacial score (nSPS) is 17.9. The molecule has 1 aliphatic heterocycles. The second-order valence-corrected chi connectivity index (χ2v) is 3.62. The van der Waals surface area contributed by atoms with E-state index in [4.69, 9.17) is 14.2 Å². The smallest absolute Gasteiger partial charge is 0.161 e. The van der Waals surface area contributed by atoms with E-state index in [0.717, 1.165) is 18.5 Å². The predicted octanol–water partition coefficient (Wildman–Crippen LogP) is 1.21. The van der Waals surface area contributed by atoms with Crippen LogP contribution in [0.1, 0.15) is 5.56 Å². The average Bonchev–Trinajstić information content (AvgIpc) is 3.11. The van der Waals surface area contributed by atoms with Gasteiger partial charge in [0, 0.05) is 6.42 Å². The van der Waals surface area contributed by atoms with E-state index in [9.17, 15) is 4.79 Å². The van der Waals surface area contributed by atoms with Crippen LogP contribution in [-0.2, 0) is 16.0 Å². The number of rotatable bonds is 6. The lowest BCUT2D eigenvalue weighted by molar-refractivity contribution is -0.107. The van der Waals surface area contributed by atoms with Crippen LogP contribution in [0.2, 0.25) is 0 Å². The molecule has 1 atom stereocenters. The van der Waals surface area contributed by atoms with Gasteiger partial charge in [0.1, 0.15) is 19.0 Å². The molecule has 0 aromatic heterocycles. The second-order valence-electron chi connectivity index (χ2n) is 3.62. The number of benzene rings is 1. The van der Waals surface area contributed by atoms with Crippen molar-refractivity contribution in [3.63, 3.8) is 0 Å². The van der Waals surface area contributed by atoms with Crippen LogP contribution in [0, 0.1) is 0 Å². The van der Waals surface area contributed by atoms with Gasteiger partial charge >= 0.3 is 0 Å². The van der Waals surface area contributed by atoms with Crippen LogP contribution in [0.5, 0.6) is 11.5 Å². The van der Waals surface area contributed by atoms with E-state index in [1.54, 1.807) is 7.11 Å². The van der Waals surface area contributed by atoms with Crippen molar-refractivity contribution < 1.29 is 19.0 Å². The first kappa shape index (κ1) is 11.0. The lowest BCUT2D eigenvalue weighted by atomic mass is 10.1. The van der Waals surface area contributed by atoms with Gasteiger partial charge < -0.3 is 19.0 Å². The van der Waals surface area contributed by atoms with E-state index < -0.39 is 0 Å². The molecule has 0 spiro atoms. The third-order valence-corrected chi connectivity index (χ3v) is 2.37. The Hall–Kier alpha value is -1.55. The Morgan fingerprint density at radius 1 is 1.50 bits per heavy atom. The summed E-state index contributed by atoms with van der Waals surface area (Å²) in [7, 11) is 1.58. The Labute approximate surface area is 94.1 Å². The van der Waals surface area contributed by atoms with E-state index in [0.29, 0.717) is 24.5 Å². The fourth-order valence-corrected chi connectivity index (χ4v) is 1.40. The highest BCUT2D eigenvalue weighted by Crippen LogP contribution is 2.28. The van der Waals surface area contributed by atoms with Crippen molar-refractivity contribution in [2.75, 3.05) is 20.3 Å². The Kier molecular flexibility index (Phi) is 3.41. The molecule has 4 heteroatoms. The van der Waals surface area contributed by atoms with Gasteiger partial charge in [0.25, 0.3) is 0 Å². The van der Waals surface area contributed by atoms with Crippen molar-refractivity contribution in [2.24, 2.45) is 0 Å². The minimum absolute atomic E-state index is 0.222. The summed E-state index contributed by atoms with van der Waals surface area (Å²) >= 11 is 0. The van der Waals surface area contributed by atoms with Gasteiger partial charge in [-0.05, 0) is 17.7 Å². The van der Waals surface area contributed by atoms with Crippen molar-refractivity contribution in [3.8, 4) is 11.5 Å². The van der Waals surface area contributed by atoms with E-state index >= 15 is 0 Å². The number of carbonyl (C=O) groups is 1. The minimum Gasteiger partial charge on any atom is -0.493 e. The molecule has 0 radical (unpaired) electrons. The molecule has 0 N–H and O–H groups in total. The summed E-state index contributed by atoms with van der Waals surface area (Å²) in [5.74, 6) is 1.34. The molecule has 1 aromatic rings. The first-order valence-corrected chi connectivity index (χ1v) is 5.18. The standard InChI is InChI=1S/C12H14O4/c1-14-12-6-9(4-5-13)2-3-11(12)16-8-10-7-15-10/h2-3,5-6,10H,4,7-8H2,1H3/t10-/m1/s1. The van der Waals surface area contributed by atoms with Crippen LogP contribution in [0.3, 0.4) is 0 Å². The van der Waals surface area contributed by atoms with Crippen LogP contribution in [0.4, 0.5) is 0 Å². The molecule has 0 bridgehead atoms. The molecule has 4 nitrogen and oxygen atoms in total. The highest BCUT2D eigenvalue weighted by atomic mass is 16.6. The molecule has 86 valence electrons. The predicted molar refractivity (Wildman–Crippen MR) is 58.0 cm³/mol. The van der Waals surface area contributed by atoms with Crippen LogP contribution in [0.15, 0.2) is 18.2 Å². The highest BCUT2D eigenvalue weighted by molar-refractivity contribution is 5.56. The van der Waals surface area contributed by atoms with Gasteiger partial charge in [0.2, 0.25) is 0 Å². The number of hydrogen-bond donors (Lipinski definition) is 0. The number of epoxide rings is 1. The van der Waals surface area contributed by atoms with Crippen LogP contribution >= 0.6 is 0 Å². The van der Waals surface area contributed by atoms with Gasteiger partial charge in [-0.15, -0.1) is 0 Å². The molecule has 1 aromatic carbocycles. The van der Waals surface area contributed by atoms with Crippen molar-refractivity contribution in [1.82, 2.24) is 0 Å². The molecule has 1 aliphatic rings. The highest BCUT2D eigenvalue weighted by Gasteiger charge is 2.23. The average molecular weight is 222 g/mol. The summed E-state index contributed by atoms with van der Waals surface area (Å²) < 4.78 is 15.8. The molecule has 2 rings (SSSR count). The molecular formula is C12H14O4. The molecule has 1 fully saturated rings. The Morgan fingerprint density at radius 3 is 2.94 bits per heavy atom.